The Hall–Kier alpha value is -1.77. The third-order valence-corrected chi connectivity index (χ3v) is 4.39. The molecular formula is C16H18N2O. The molecule has 3 nitrogen and oxygen atoms in total. The molecule has 2 aliphatic rings. The van der Waals surface area contributed by atoms with Crippen LogP contribution in [0.4, 0.5) is 0 Å². The van der Waals surface area contributed by atoms with Crippen molar-refractivity contribution in [1.29, 1.82) is 0 Å². The van der Waals surface area contributed by atoms with Crippen LogP contribution < -0.4 is 5.32 Å². The number of aromatic amines is 1. The van der Waals surface area contributed by atoms with E-state index in [4.69, 9.17) is 0 Å². The fourth-order valence-corrected chi connectivity index (χ4v) is 3.14. The standard InChI is InChI=1S/C16H18N2O/c19-16(17-11-6-7-11)10-5-8-15-13(9-10)12-3-1-2-4-14(12)18-15/h1-4,10-11,18H,5-9H2,(H,17,19). The van der Waals surface area contributed by atoms with Crippen molar-refractivity contribution in [3.05, 3.63) is 35.5 Å². The van der Waals surface area contributed by atoms with E-state index in [2.05, 4.69) is 34.6 Å². The molecule has 4 rings (SSSR count). The number of hydrogen-bond acceptors (Lipinski definition) is 1. The van der Waals surface area contributed by atoms with Crippen LogP contribution in [0.25, 0.3) is 10.9 Å². The molecule has 0 aliphatic heterocycles. The molecule has 1 saturated carbocycles. The molecule has 1 amide bonds. The van der Waals surface area contributed by atoms with E-state index in [1.54, 1.807) is 0 Å². The van der Waals surface area contributed by atoms with Crippen molar-refractivity contribution in [3.8, 4) is 0 Å². The van der Waals surface area contributed by atoms with Crippen LogP contribution in [-0.2, 0) is 17.6 Å². The van der Waals surface area contributed by atoms with E-state index in [9.17, 15) is 4.79 Å². The fraction of sp³-hybridized carbons (Fsp3) is 0.438. The first-order valence-corrected chi connectivity index (χ1v) is 7.20. The summed E-state index contributed by atoms with van der Waals surface area (Å²) in [6, 6.07) is 8.88. The predicted octanol–water partition coefficient (Wildman–Crippen LogP) is 2.55. The van der Waals surface area contributed by atoms with Crippen molar-refractivity contribution in [2.24, 2.45) is 5.92 Å². The lowest BCUT2D eigenvalue weighted by Crippen LogP contribution is -2.35. The van der Waals surface area contributed by atoms with Crippen LogP contribution >= 0.6 is 0 Å². The zero-order valence-corrected chi connectivity index (χ0v) is 10.9. The molecule has 0 spiro atoms. The minimum Gasteiger partial charge on any atom is -0.358 e. The van der Waals surface area contributed by atoms with E-state index in [1.165, 1.54) is 22.2 Å². The summed E-state index contributed by atoms with van der Waals surface area (Å²) in [6.07, 6.45) is 5.18. The van der Waals surface area contributed by atoms with Gasteiger partial charge < -0.3 is 10.3 Å². The number of fused-ring (bicyclic) bond motifs is 3. The van der Waals surface area contributed by atoms with Gasteiger partial charge in [-0.05, 0) is 43.7 Å². The Morgan fingerprint density at radius 2 is 2.05 bits per heavy atom. The average molecular weight is 254 g/mol. The second-order valence-corrected chi connectivity index (χ2v) is 5.85. The van der Waals surface area contributed by atoms with E-state index in [0.29, 0.717) is 6.04 Å². The Bertz CT molecular complexity index is 639. The smallest absolute Gasteiger partial charge is 0.223 e. The van der Waals surface area contributed by atoms with Crippen LogP contribution in [0.5, 0.6) is 0 Å². The quantitative estimate of drug-likeness (QED) is 0.850. The normalized spacial score (nSPS) is 22.2. The first-order chi connectivity index (χ1) is 9.31. The molecule has 1 fully saturated rings. The van der Waals surface area contributed by atoms with Gasteiger partial charge in [-0.15, -0.1) is 0 Å². The first-order valence-electron chi connectivity index (χ1n) is 7.20. The SMILES string of the molecule is O=C(NC1CC1)C1CCc2[nH]c3ccccc3c2C1. The Morgan fingerprint density at radius 1 is 1.21 bits per heavy atom. The summed E-state index contributed by atoms with van der Waals surface area (Å²) in [5.74, 6) is 0.422. The summed E-state index contributed by atoms with van der Waals surface area (Å²) in [5.41, 5.74) is 3.89. The molecule has 1 unspecified atom stereocenters. The molecule has 3 heteroatoms. The summed E-state index contributed by atoms with van der Waals surface area (Å²) >= 11 is 0. The molecule has 98 valence electrons. The predicted molar refractivity (Wildman–Crippen MR) is 75.0 cm³/mol. The fourth-order valence-electron chi connectivity index (χ4n) is 3.14. The van der Waals surface area contributed by atoms with Crippen molar-refractivity contribution in [3.63, 3.8) is 0 Å². The third-order valence-electron chi connectivity index (χ3n) is 4.39. The molecular weight excluding hydrogens is 236 g/mol. The number of hydrogen-bond donors (Lipinski definition) is 2. The van der Waals surface area contributed by atoms with Crippen LogP contribution in [0.1, 0.15) is 30.5 Å². The Kier molecular flexibility index (Phi) is 2.40. The largest absolute Gasteiger partial charge is 0.358 e. The maximum atomic E-state index is 12.2. The monoisotopic (exact) mass is 254 g/mol. The number of nitrogens with one attached hydrogen (secondary N) is 2. The van der Waals surface area contributed by atoms with Gasteiger partial charge in [-0.2, -0.15) is 0 Å². The number of aromatic nitrogens is 1. The number of aryl methyl sites for hydroxylation is 1. The summed E-state index contributed by atoms with van der Waals surface area (Å²) in [5, 5.41) is 4.44. The van der Waals surface area contributed by atoms with Gasteiger partial charge in [0.1, 0.15) is 0 Å². The van der Waals surface area contributed by atoms with E-state index < -0.39 is 0 Å². The summed E-state index contributed by atoms with van der Waals surface area (Å²) in [7, 11) is 0. The van der Waals surface area contributed by atoms with Crippen LogP contribution in [0.2, 0.25) is 0 Å². The van der Waals surface area contributed by atoms with E-state index in [-0.39, 0.29) is 11.8 Å². The van der Waals surface area contributed by atoms with Gasteiger partial charge in [0.25, 0.3) is 0 Å². The van der Waals surface area contributed by atoms with Gasteiger partial charge in [0.2, 0.25) is 5.91 Å². The highest BCUT2D eigenvalue weighted by atomic mass is 16.2. The zero-order chi connectivity index (χ0) is 12.8. The molecule has 19 heavy (non-hydrogen) atoms. The van der Waals surface area contributed by atoms with E-state index >= 15 is 0 Å². The second-order valence-electron chi connectivity index (χ2n) is 5.85. The number of carbonyl (C=O) groups excluding carboxylic acids is 1. The average Bonchev–Trinajstić information content (AvgIpc) is 3.17. The minimum absolute atomic E-state index is 0.160. The van der Waals surface area contributed by atoms with Crippen LogP contribution in [0.15, 0.2) is 24.3 Å². The Balaban J connectivity index is 1.63. The summed E-state index contributed by atoms with van der Waals surface area (Å²) in [6.45, 7) is 0. The Morgan fingerprint density at radius 3 is 2.89 bits per heavy atom. The number of amides is 1. The van der Waals surface area contributed by atoms with Gasteiger partial charge in [0.05, 0.1) is 0 Å². The number of carbonyl (C=O) groups is 1. The van der Waals surface area contributed by atoms with Crippen molar-refractivity contribution in [2.45, 2.75) is 38.1 Å². The molecule has 1 atom stereocenters. The molecule has 1 aromatic carbocycles. The van der Waals surface area contributed by atoms with Gasteiger partial charge in [0.15, 0.2) is 0 Å². The lowest BCUT2D eigenvalue weighted by atomic mass is 9.86. The molecule has 0 saturated heterocycles. The number of H-pyrrole nitrogens is 1. The topological polar surface area (TPSA) is 44.9 Å². The molecule has 1 aromatic heterocycles. The molecule has 2 N–H and O–H groups in total. The molecule has 1 heterocycles. The summed E-state index contributed by atoms with van der Waals surface area (Å²) < 4.78 is 0. The van der Waals surface area contributed by atoms with Gasteiger partial charge in [-0.25, -0.2) is 0 Å². The minimum atomic E-state index is 0.160. The van der Waals surface area contributed by atoms with Crippen molar-refractivity contribution < 1.29 is 4.79 Å². The van der Waals surface area contributed by atoms with Crippen molar-refractivity contribution in [2.75, 3.05) is 0 Å². The highest BCUT2D eigenvalue weighted by Crippen LogP contribution is 2.32. The zero-order valence-electron chi connectivity index (χ0n) is 10.9. The van der Waals surface area contributed by atoms with Gasteiger partial charge in [0, 0.05) is 28.6 Å². The van der Waals surface area contributed by atoms with Crippen LogP contribution in [0.3, 0.4) is 0 Å². The highest BCUT2D eigenvalue weighted by molar-refractivity contribution is 5.87. The number of benzene rings is 1. The number of rotatable bonds is 2. The second kappa shape index (κ2) is 4.12. The summed E-state index contributed by atoms with van der Waals surface area (Å²) in [4.78, 5) is 15.7. The highest BCUT2D eigenvalue weighted by Gasteiger charge is 2.31. The first kappa shape index (κ1) is 11.1. The molecule has 2 aromatic rings. The lowest BCUT2D eigenvalue weighted by molar-refractivity contribution is -0.125. The molecule has 0 radical (unpaired) electrons. The number of para-hydroxylation sites is 1. The van der Waals surface area contributed by atoms with E-state index in [0.717, 1.165) is 32.1 Å². The maximum Gasteiger partial charge on any atom is 0.223 e. The Labute approximate surface area is 112 Å². The van der Waals surface area contributed by atoms with Crippen LogP contribution in [0, 0.1) is 5.92 Å². The molecule has 2 aliphatic carbocycles. The maximum absolute atomic E-state index is 12.2. The van der Waals surface area contributed by atoms with Crippen molar-refractivity contribution in [1.82, 2.24) is 10.3 Å². The molecule has 0 bridgehead atoms. The van der Waals surface area contributed by atoms with Gasteiger partial charge >= 0.3 is 0 Å². The third kappa shape index (κ3) is 1.93. The van der Waals surface area contributed by atoms with Gasteiger partial charge in [-0.3, -0.25) is 4.79 Å². The van der Waals surface area contributed by atoms with E-state index in [1.807, 2.05) is 0 Å². The van der Waals surface area contributed by atoms with Crippen LogP contribution in [-0.4, -0.2) is 16.9 Å². The van der Waals surface area contributed by atoms with Crippen molar-refractivity contribution >= 4 is 16.8 Å². The lowest BCUT2D eigenvalue weighted by Gasteiger charge is -2.21. The van der Waals surface area contributed by atoms with Gasteiger partial charge in [-0.1, -0.05) is 18.2 Å².